The largest absolute Gasteiger partial charge is 0.381 e. The Hall–Kier alpha value is -1.56. The molecule has 3 saturated heterocycles. The predicted molar refractivity (Wildman–Crippen MR) is 125 cm³/mol. The summed E-state index contributed by atoms with van der Waals surface area (Å²) in [6.07, 6.45) is 3.65. The summed E-state index contributed by atoms with van der Waals surface area (Å²) in [5, 5.41) is 0. The highest BCUT2D eigenvalue weighted by Gasteiger charge is 2.54. The SMILES string of the molecule is O=C(NOC1CCCCO1)C1(S(=O)(=O)N2CCC(COCc3ccccc3)CC2)CCOCC1. The Labute approximate surface area is 202 Å². The van der Waals surface area contributed by atoms with Gasteiger partial charge in [0.05, 0.1) is 6.61 Å². The van der Waals surface area contributed by atoms with E-state index in [1.54, 1.807) is 0 Å². The number of ether oxygens (including phenoxy) is 3. The molecule has 4 rings (SSSR count). The summed E-state index contributed by atoms with van der Waals surface area (Å²) in [6, 6.07) is 9.99. The standard InChI is InChI=1S/C24H36N2O7S/c27-23(25-33-22-8-4-5-15-32-22)24(11-16-30-17-12-24)34(28,29)26-13-9-21(10-14-26)19-31-18-20-6-2-1-3-7-20/h1-3,6-7,21-22H,4-5,8-19H2,(H,25,27). The van der Waals surface area contributed by atoms with Crippen LogP contribution >= 0.6 is 0 Å². The van der Waals surface area contributed by atoms with Crippen LogP contribution in [0.2, 0.25) is 0 Å². The number of carbonyl (C=O) groups excluding carboxylic acids is 1. The van der Waals surface area contributed by atoms with E-state index in [2.05, 4.69) is 5.48 Å². The van der Waals surface area contributed by atoms with Crippen LogP contribution < -0.4 is 5.48 Å². The third-order valence-electron chi connectivity index (χ3n) is 7.01. The van der Waals surface area contributed by atoms with Crippen molar-refractivity contribution in [3.8, 4) is 0 Å². The Balaban J connectivity index is 1.33. The number of rotatable bonds is 9. The first kappa shape index (κ1) is 25.5. The molecular weight excluding hydrogens is 460 g/mol. The first-order valence-electron chi connectivity index (χ1n) is 12.3. The molecule has 1 aromatic carbocycles. The second kappa shape index (κ2) is 11.9. The number of nitrogens with one attached hydrogen (secondary N) is 1. The zero-order chi connectivity index (χ0) is 23.9. The van der Waals surface area contributed by atoms with Gasteiger partial charge in [-0.05, 0) is 37.2 Å². The molecule has 10 heteroatoms. The van der Waals surface area contributed by atoms with Crippen LogP contribution in [0.3, 0.4) is 0 Å². The molecule has 3 heterocycles. The van der Waals surface area contributed by atoms with Gasteiger partial charge < -0.3 is 14.2 Å². The monoisotopic (exact) mass is 496 g/mol. The van der Waals surface area contributed by atoms with Gasteiger partial charge >= 0.3 is 0 Å². The fourth-order valence-electron chi connectivity index (χ4n) is 4.80. The maximum absolute atomic E-state index is 13.8. The van der Waals surface area contributed by atoms with Crippen LogP contribution in [0.5, 0.6) is 0 Å². The molecule has 1 aromatic rings. The number of benzene rings is 1. The van der Waals surface area contributed by atoms with Gasteiger partial charge in [-0.1, -0.05) is 30.3 Å². The van der Waals surface area contributed by atoms with Crippen molar-refractivity contribution in [3.05, 3.63) is 35.9 Å². The number of nitrogens with zero attached hydrogens (tertiary/aromatic N) is 1. The second-order valence-electron chi connectivity index (χ2n) is 9.30. The van der Waals surface area contributed by atoms with Crippen molar-refractivity contribution in [1.82, 2.24) is 9.79 Å². The Morgan fingerprint density at radius 3 is 2.47 bits per heavy atom. The second-order valence-corrected chi connectivity index (χ2v) is 11.5. The molecule has 1 atom stereocenters. The molecule has 9 nitrogen and oxygen atoms in total. The van der Waals surface area contributed by atoms with Gasteiger partial charge in [0.2, 0.25) is 10.0 Å². The van der Waals surface area contributed by atoms with Crippen LogP contribution in [0.25, 0.3) is 0 Å². The Morgan fingerprint density at radius 1 is 1.06 bits per heavy atom. The maximum atomic E-state index is 13.8. The molecule has 1 unspecified atom stereocenters. The van der Waals surface area contributed by atoms with Crippen LogP contribution in [-0.4, -0.2) is 69.2 Å². The van der Waals surface area contributed by atoms with E-state index in [0.717, 1.165) is 18.4 Å². The van der Waals surface area contributed by atoms with Crippen molar-refractivity contribution in [1.29, 1.82) is 0 Å². The van der Waals surface area contributed by atoms with E-state index < -0.39 is 27.0 Å². The van der Waals surface area contributed by atoms with E-state index in [9.17, 15) is 13.2 Å². The van der Waals surface area contributed by atoms with E-state index in [0.29, 0.717) is 58.1 Å². The highest BCUT2D eigenvalue weighted by molar-refractivity contribution is 7.91. The molecule has 3 aliphatic rings. The lowest BCUT2D eigenvalue weighted by molar-refractivity contribution is -0.202. The molecule has 0 aliphatic carbocycles. The average Bonchev–Trinajstić information content (AvgIpc) is 2.89. The summed E-state index contributed by atoms with van der Waals surface area (Å²) in [6.45, 7) is 2.91. The van der Waals surface area contributed by atoms with Crippen LogP contribution in [-0.2, 0) is 40.5 Å². The number of piperidine rings is 1. The van der Waals surface area contributed by atoms with Crippen LogP contribution in [0.15, 0.2) is 30.3 Å². The lowest BCUT2D eigenvalue weighted by Gasteiger charge is -2.41. The smallest absolute Gasteiger partial charge is 0.266 e. The van der Waals surface area contributed by atoms with E-state index in [4.69, 9.17) is 19.0 Å². The summed E-state index contributed by atoms with van der Waals surface area (Å²) in [5.41, 5.74) is 3.54. The van der Waals surface area contributed by atoms with Gasteiger partial charge in [0, 0.05) is 58.8 Å². The fourth-order valence-corrected chi connectivity index (χ4v) is 6.95. The lowest BCUT2D eigenvalue weighted by atomic mass is 9.98. The van der Waals surface area contributed by atoms with Gasteiger partial charge in [0.1, 0.15) is 0 Å². The molecule has 3 fully saturated rings. The highest BCUT2D eigenvalue weighted by atomic mass is 32.2. The Bertz CT molecular complexity index is 876. The highest BCUT2D eigenvalue weighted by Crippen LogP contribution is 2.35. The minimum atomic E-state index is -3.91. The quantitative estimate of drug-likeness (QED) is 0.524. The fraction of sp³-hybridized carbons (Fsp3) is 0.708. The van der Waals surface area contributed by atoms with Crippen molar-refractivity contribution in [2.45, 2.75) is 62.6 Å². The van der Waals surface area contributed by atoms with Crippen LogP contribution in [0.1, 0.15) is 50.5 Å². The summed E-state index contributed by atoms with van der Waals surface area (Å²) in [4.78, 5) is 18.7. The first-order chi connectivity index (χ1) is 16.5. The predicted octanol–water partition coefficient (Wildman–Crippen LogP) is 2.37. The number of amides is 1. The maximum Gasteiger partial charge on any atom is 0.266 e. The summed E-state index contributed by atoms with van der Waals surface area (Å²) < 4.78 is 44.2. The van der Waals surface area contributed by atoms with Gasteiger partial charge in [-0.15, -0.1) is 0 Å². The third-order valence-corrected chi connectivity index (χ3v) is 9.63. The Kier molecular flexibility index (Phi) is 8.95. The van der Waals surface area contributed by atoms with Crippen molar-refractivity contribution in [2.24, 2.45) is 5.92 Å². The van der Waals surface area contributed by atoms with Crippen LogP contribution in [0, 0.1) is 5.92 Å². The van der Waals surface area contributed by atoms with Gasteiger partial charge in [-0.3, -0.25) is 4.79 Å². The van der Waals surface area contributed by atoms with Crippen molar-refractivity contribution >= 4 is 15.9 Å². The van der Waals surface area contributed by atoms with Crippen molar-refractivity contribution in [2.75, 3.05) is 39.5 Å². The van der Waals surface area contributed by atoms with Gasteiger partial charge in [0.15, 0.2) is 11.0 Å². The van der Waals surface area contributed by atoms with Gasteiger partial charge in [-0.25, -0.2) is 23.0 Å². The van der Waals surface area contributed by atoms with Crippen LogP contribution in [0.4, 0.5) is 0 Å². The van der Waals surface area contributed by atoms with E-state index >= 15 is 0 Å². The molecule has 1 amide bonds. The summed E-state index contributed by atoms with van der Waals surface area (Å²) >= 11 is 0. The van der Waals surface area contributed by atoms with Crippen molar-refractivity contribution in [3.63, 3.8) is 0 Å². The number of hydrogen-bond donors (Lipinski definition) is 1. The number of carbonyl (C=O) groups is 1. The van der Waals surface area contributed by atoms with E-state index in [-0.39, 0.29) is 26.1 Å². The molecule has 1 N–H and O–H groups in total. The summed E-state index contributed by atoms with van der Waals surface area (Å²) in [7, 11) is -3.91. The zero-order valence-corrected chi connectivity index (χ0v) is 20.5. The number of sulfonamides is 1. The molecule has 0 bridgehead atoms. The average molecular weight is 497 g/mol. The normalized spacial score (nSPS) is 24.5. The number of hydroxylamine groups is 1. The first-order valence-corrected chi connectivity index (χ1v) is 13.7. The molecule has 0 spiro atoms. The van der Waals surface area contributed by atoms with E-state index in [1.807, 2.05) is 30.3 Å². The van der Waals surface area contributed by atoms with Gasteiger partial charge in [-0.2, -0.15) is 0 Å². The molecule has 0 aromatic heterocycles. The zero-order valence-electron chi connectivity index (χ0n) is 19.7. The topological polar surface area (TPSA) is 103 Å². The van der Waals surface area contributed by atoms with E-state index in [1.165, 1.54) is 4.31 Å². The lowest BCUT2D eigenvalue weighted by Crippen LogP contribution is -2.61. The molecule has 0 radical (unpaired) electrons. The molecule has 3 aliphatic heterocycles. The molecule has 190 valence electrons. The molecule has 34 heavy (non-hydrogen) atoms. The minimum absolute atomic E-state index is 0.107. The Morgan fingerprint density at radius 2 is 1.79 bits per heavy atom. The number of hydrogen-bond acceptors (Lipinski definition) is 7. The third kappa shape index (κ3) is 5.98. The minimum Gasteiger partial charge on any atom is -0.381 e. The van der Waals surface area contributed by atoms with Gasteiger partial charge in [0.25, 0.3) is 5.91 Å². The molecular formula is C24H36N2O7S. The molecule has 0 saturated carbocycles. The summed E-state index contributed by atoms with van der Waals surface area (Å²) in [5.74, 6) is -0.334. The van der Waals surface area contributed by atoms with Crippen molar-refractivity contribution < 1.29 is 32.3 Å².